The van der Waals surface area contributed by atoms with E-state index in [2.05, 4.69) is 10.1 Å². The number of thiazole rings is 1. The third kappa shape index (κ3) is 3.99. The number of benzene rings is 1. The van der Waals surface area contributed by atoms with Gasteiger partial charge in [0.15, 0.2) is 0 Å². The van der Waals surface area contributed by atoms with Gasteiger partial charge in [-0.05, 0) is 18.2 Å². The summed E-state index contributed by atoms with van der Waals surface area (Å²) in [7, 11) is 3.63. The Labute approximate surface area is 144 Å². The average Bonchev–Trinajstić information content (AvgIpc) is 3.24. The quantitative estimate of drug-likeness (QED) is 0.691. The number of ether oxygens (including phenoxy) is 1. The fourth-order valence-corrected chi connectivity index (χ4v) is 2.85. The number of hydrogen-bond donors (Lipinski definition) is 0. The van der Waals surface area contributed by atoms with Crippen LogP contribution in [0.5, 0.6) is 5.75 Å². The van der Waals surface area contributed by atoms with Gasteiger partial charge in [-0.1, -0.05) is 6.07 Å². The van der Waals surface area contributed by atoms with E-state index in [-0.39, 0.29) is 5.91 Å². The van der Waals surface area contributed by atoms with Crippen LogP contribution in [0, 0.1) is 0 Å². The molecule has 124 valence electrons. The predicted molar refractivity (Wildman–Crippen MR) is 91.9 cm³/mol. The second-order valence-electron chi connectivity index (χ2n) is 5.48. The van der Waals surface area contributed by atoms with Gasteiger partial charge in [0.25, 0.3) is 5.91 Å². The average molecular weight is 342 g/mol. The van der Waals surface area contributed by atoms with Crippen LogP contribution in [0.4, 0.5) is 0 Å². The Morgan fingerprint density at radius 3 is 3.00 bits per heavy atom. The van der Waals surface area contributed by atoms with Gasteiger partial charge >= 0.3 is 0 Å². The van der Waals surface area contributed by atoms with Crippen LogP contribution < -0.4 is 4.74 Å². The third-order valence-corrected chi connectivity index (χ3v) is 4.11. The lowest BCUT2D eigenvalue weighted by molar-refractivity contribution is 0.0784. The highest BCUT2D eigenvalue weighted by Crippen LogP contribution is 2.17. The molecule has 2 aromatic heterocycles. The largest absolute Gasteiger partial charge is 0.487 e. The Bertz CT molecular complexity index is 814. The summed E-state index contributed by atoms with van der Waals surface area (Å²) >= 11 is 1.53. The number of amides is 1. The summed E-state index contributed by atoms with van der Waals surface area (Å²) in [6.07, 6.45) is 3.66. The maximum Gasteiger partial charge on any atom is 0.254 e. The smallest absolute Gasteiger partial charge is 0.254 e. The van der Waals surface area contributed by atoms with E-state index in [0.717, 1.165) is 11.3 Å². The summed E-state index contributed by atoms with van der Waals surface area (Å²) in [5.74, 6) is 0.599. The molecule has 0 aliphatic heterocycles. The highest BCUT2D eigenvalue weighted by molar-refractivity contribution is 7.07. The molecule has 0 unspecified atom stereocenters. The summed E-state index contributed by atoms with van der Waals surface area (Å²) < 4.78 is 7.43. The van der Waals surface area contributed by atoms with E-state index >= 15 is 0 Å². The number of carbonyl (C=O) groups is 1. The molecule has 0 radical (unpaired) electrons. The van der Waals surface area contributed by atoms with Crippen molar-refractivity contribution in [3.63, 3.8) is 0 Å². The van der Waals surface area contributed by atoms with Crippen molar-refractivity contribution in [2.75, 3.05) is 7.05 Å². The Kier molecular flexibility index (Phi) is 4.90. The topological polar surface area (TPSA) is 60.2 Å². The van der Waals surface area contributed by atoms with Crippen LogP contribution in [-0.2, 0) is 20.2 Å². The Morgan fingerprint density at radius 1 is 1.42 bits per heavy atom. The van der Waals surface area contributed by atoms with E-state index in [9.17, 15) is 4.79 Å². The molecule has 0 bridgehead atoms. The molecular weight excluding hydrogens is 324 g/mol. The van der Waals surface area contributed by atoms with E-state index in [4.69, 9.17) is 4.74 Å². The minimum absolute atomic E-state index is 0.0574. The molecular formula is C17H18N4O2S. The minimum atomic E-state index is -0.0574. The second-order valence-corrected chi connectivity index (χ2v) is 6.20. The highest BCUT2D eigenvalue weighted by atomic mass is 32.1. The first-order chi connectivity index (χ1) is 11.6. The maximum atomic E-state index is 12.6. The number of nitrogens with zero attached hydrogens (tertiary/aromatic N) is 4. The molecule has 0 spiro atoms. The van der Waals surface area contributed by atoms with Crippen LogP contribution in [-0.4, -0.2) is 32.6 Å². The molecule has 0 aliphatic rings. The second kappa shape index (κ2) is 7.27. The van der Waals surface area contributed by atoms with Gasteiger partial charge in [0.2, 0.25) is 0 Å². The van der Waals surface area contributed by atoms with E-state index in [0.29, 0.717) is 24.5 Å². The first-order valence-corrected chi connectivity index (χ1v) is 8.39. The number of carbonyl (C=O) groups excluding carboxylic acids is 1. The van der Waals surface area contributed by atoms with Crippen molar-refractivity contribution in [3.8, 4) is 5.75 Å². The lowest BCUT2D eigenvalue weighted by Crippen LogP contribution is -2.26. The van der Waals surface area contributed by atoms with Crippen molar-refractivity contribution in [3.05, 3.63) is 64.4 Å². The van der Waals surface area contributed by atoms with Gasteiger partial charge in [0.1, 0.15) is 12.4 Å². The van der Waals surface area contributed by atoms with Crippen LogP contribution >= 0.6 is 11.3 Å². The molecule has 1 amide bonds. The summed E-state index contributed by atoms with van der Waals surface area (Å²) in [5, 5.41) is 6.06. The molecule has 7 heteroatoms. The van der Waals surface area contributed by atoms with Crippen LogP contribution in [0.1, 0.15) is 21.6 Å². The standard InChI is InChI=1S/C17H18N4O2S/c1-20(8-13-7-19-21(2)9-13)17(22)14-4-3-5-16(6-14)23-10-15-11-24-12-18-15/h3-7,9,11-12H,8,10H2,1-2H3. The fourth-order valence-electron chi connectivity index (χ4n) is 2.30. The van der Waals surface area contributed by atoms with Crippen LogP contribution in [0.3, 0.4) is 0 Å². The lowest BCUT2D eigenvalue weighted by atomic mass is 10.2. The van der Waals surface area contributed by atoms with E-state index in [1.54, 1.807) is 40.5 Å². The van der Waals surface area contributed by atoms with Crippen molar-refractivity contribution < 1.29 is 9.53 Å². The number of rotatable bonds is 6. The number of aromatic nitrogens is 3. The molecule has 0 N–H and O–H groups in total. The Hall–Kier alpha value is -2.67. The van der Waals surface area contributed by atoms with Crippen LogP contribution in [0.2, 0.25) is 0 Å². The van der Waals surface area contributed by atoms with Crippen LogP contribution in [0.15, 0.2) is 47.5 Å². The molecule has 1 aromatic carbocycles. The van der Waals surface area contributed by atoms with Gasteiger partial charge in [0.05, 0.1) is 17.4 Å². The number of aryl methyl sites for hydroxylation is 1. The zero-order valence-corrected chi connectivity index (χ0v) is 14.4. The van der Waals surface area contributed by atoms with Gasteiger partial charge < -0.3 is 9.64 Å². The molecule has 6 nitrogen and oxygen atoms in total. The van der Waals surface area contributed by atoms with Gasteiger partial charge in [-0.15, -0.1) is 11.3 Å². The van der Waals surface area contributed by atoms with Gasteiger partial charge in [0, 0.05) is 43.3 Å². The monoisotopic (exact) mass is 342 g/mol. The van der Waals surface area contributed by atoms with Crippen molar-refractivity contribution in [1.82, 2.24) is 19.7 Å². The van der Waals surface area contributed by atoms with Crippen molar-refractivity contribution in [2.45, 2.75) is 13.2 Å². The molecule has 0 aliphatic carbocycles. The van der Waals surface area contributed by atoms with Crippen molar-refractivity contribution in [2.24, 2.45) is 7.05 Å². The highest BCUT2D eigenvalue weighted by Gasteiger charge is 2.13. The lowest BCUT2D eigenvalue weighted by Gasteiger charge is -2.16. The molecule has 0 atom stereocenters. The minimum Gasteiger partial charge on any atom is -0.487 e. The summed E-state index contributed by atoms with van der Waals surface area (Å²) in [5.41, 5.74) is 4.23. The van der Waals surface area contributed by atoms with Crippen LogP contribution in [0.25, 0.3) is 0 Å². The van der Waals surface area contributed by atoms with E-state index in [1.807, 2.05) is 30.8 Å². The third-order valence-electron chi connectivity index (χ3n) is 3.48. The Morgan fingerprint density at radius 2 is 2.29 bits per heavy atom. The van der Waals surface area contributed by atoms with E-state index in [1.165, 1.54) is 11.3 Å². The molecule has 3 rings (SSSR count). The predicted octanol–water partition coefficient (Wildman–Crippen LogP) is 2.73. The molecule has 0 fully saturated rings. The van der Waals surface area contributed by atoms with Gasteiger partial charge in [-0.3, -0.25) is 9.48 Å². The summed E-state index contributed by atoms with van der Waals surface area (Å²) in [6.45, 7) is 0.906. The zero-order valence-electron chi connectivity index (χ0n) is 13.5. The first-order valence-electron chi connectivity index (χ1n) is 7.45. The van der Waals surface area contributed by atoms with Crippen molar-refractivity contribution >= 4 is 17.2 Å². The zero-order chi connectivity index (χ0) is 16.9. The first kappa shape index (κ1) is 16.2. The van der Waals surface area contributed by atoms with Gasteiger partial charge in [-0.2, -0.15) is 5.10 Å². The van der Waals surface area contributed by atoms with E-state index < -0.39 is 0 Å². The maximum absolute atomic E-state index is 12.6. The molecule has 3 aromatic rings. The molecule has 0 saturated carbocycles. The molecule has 24 heavy (non-hydrogen) atoms. The SMILES string of the molecule is CN(Cc1cnn(C)c1)C(=O)c1cccc(OCc2cscn2)c1. The normalized spacial score (nSPS) is 10.6. The van der Waals surface area contributed by atoms with Gasteiger partial charge in [-0.25, -0.2) is 4.98 Å². The fraction of sp³-hybridized carbons (Fsp3) is 0.235. The summed E-state index contributed by atoms with van der Waals surface area (Å²) in [6, 6.07) is 7.21. The number of hydrogen-bond acceptors (Lipinski definition) is 5. The molecule has 2 heterocycles. The molecule has 0 saturated heterocycles. The summed E-state index contributed by atoms with van der Waals surface area (Å²) in [4.78, 5) is 18.4. The Balaban J connectivity index is 1.64. The van der Waals surface area contributed by atoms with Crippen molar-refractivity contribution in [1.29, 1.82) is 0 Å².